The molecule has 5 nitrogen and oxygen atoms in total. The van der Waals surface area contributed by atoms with Crippen LogP contribution >= 0.6 is 23.4 Å². The highest BCUT2D eigenvalue weighted by molar-refractivity contribution is 8.00. The van der Waals surface area contributed by atoms with Crippen LogP contribution in [0, 0.1) is 0 Å². The minimum Gasteiger partial charge on any atom is -0.480 e. The number of amides is 1. The number of rotatable bonds is 1. The van der Waals surface area contributed by atoms with E-state index in [2.05, 4.69) is 0 Å². The van der Waals surface area contributed by atoms with Gasteiger partial charge in [0.2, 0.25) is 5.91 Å². The van der Waals surface area contributed by atoms with E-state index in [9.17, 15) is 9.59 Å². The Morgan fingerprint density at radius 1 is 1.80 bits per heavy atom. The van der Waals surface area contributed by atoms with Crippen LogP contribution in [0.3, 0.4) is 0 Å². The van der Waals surface area contributed by atoms with Crippen LogP contribution in [0.15, 0.2) is 0 Å². The molecule has 0 radical (unpaired) electrons. The number of thioether (sulfide) groups is 1. The molecule has 0 aliphatic carbocycles. The standard InChI is InChI=1S/C8H11ClN2O3S/c1-8(9)2-15-6-3(10)5(12)11(6)4(8)7(13)14/h3-4,6H,2,10H2,1H3,(H,13,14). The van der Waals surface area contributed by atoms with E-state index in [1.165, 1.54) is 16.7 Å². The maximum Gasteiger partial charge on any atom is 0.328 e. The molecule has 2 rings (SSSR count). The van der Waals surface area contributed by atoms with Crippen LogP contribution in [0.5, 0.6) is 0 Å². The van der Waals surface area contributed by atoms with E-state index < -0.39 is 22.9 Å². The number of aliphatic carboxylic acids is 1. The number of fused-ring (bicyclic) bond motifs is 1. The van der Waals surface area contributed by atoms with E-state index in [0.29, 0.717) is 5.75 Å². The van der Waals surface area contributed by atoms with Gasteiger partial charge in [-0.3, -0.25) is 4.79 Å². The number of nitrogens with two attached hydrogens (primary N) is 1. The number of β-lactam (4-membered cyclic amide) rings is 1. The van der Waals surface area contributed by atoms with Gasteiger partial charge in [0.25, 0.3) is 0 Å². The van der Waals surface area contributed by atoms with Gasteiger partial charge in [0.05, 0.1) is 4.87 Å². The largest absolute Gasteiger partial charge is 0.480 e. The molecule has 4 unspecified atom stereocenters. The Bertz CT molecular complexity index is 336. The third-order valence-electron chi connectivity index (χ3n) is 2.74. The van der Waals surface area contributed by atoms with Crippen LogP contribution in [0.4, 0.5) is 0 Å². The lowest BCUT2D eigenvalue weighted by Crippen LogP contribution is -2.76. The number of carboxylic acid groups (broad SMARTS) is 1. The van der Waals surface area contributed by atoms with Crippen molar-refractivity contribution >= 4 is 35.2 Å². The Morgan fingerprint density at radius 3 is 2.93 bits per heavy atom. The number of carbonyl (C=O) groups excluding carboxylic acids is 1. The topological polar surface area (TPSA) is 83.6 Å². The summed E-state index contributed by atoms with van der Waals surface area (Å²) in [6.07, 6.45) is 0. The van der Waals surface area contributed by atoms with E-state index in [-0.39, 0.29) is 11.3 Å². The SMILES string of the molecule is CC1(Cl)CSC2C(N)C(=O)N2C1C(=O)O. The Kier molecular flexibility index (Phi) is 2.40. The highest BCUT2D eigenvalue weighted by Gasteiger charge is 2.59. The molecule has 2 saturated heterocycles. The first-order valence-corrected chi connectivity index (χ1v) is 5.90. The maximum absolute atomic E-state index is 11.5. The van der Waals surface area contributed by atoms with Crippen LogP contribution in [-0.4, -0.2) is 50.0 Å². The van der Waals surface area contributed by atoms with Gasteiger partial charge in [-0.1, -0.05) is 0 Å². The van der Waals surface area contributed by atoms with Gasteiger partial charge in [0, 0.05) is 5.75 Å². The molecule has 15 heavy (non-hydrogen) atoms. The monoisotopic (exact) mass is 250 g/mol. The Hall–Kier alpha value is -0.460. The summed E-state index contributed by atoms with van der Waals surface area (Å²) in [6.45, 7) is 1.63. The highest BCUT2D eigenvalue weighted by atomic mass is 35.5. The molecule has 2 fully saturated rings. The second-order valence-electron chi connectivity index (χ2n) is 3.99. The summed E-state index contributed by atoms with van der Waals surface area (Å²) >= 11 is 7.54. The first-order valence-electron chi connectivity index (χ1n) is 4.47. The van der Waals surface area contributed by atoms with Gasteiger partial charge in [-0.15, -0.1) is 23.4 Å². The van der Waals surface area contributed by atoms with Crippen LogP contribution < -0.4 is 5.73 Å². The number of halogens is 1. The normalized spacial score (nSPS) is 44.6. The summed E-state index contributed by atoms with van der Waals surface area (Å²) in [4.78, 5) is 22.9. The second-order valence-corrected chi connectivity index (χ2v) is 5.96. The predicted octanol–water partition coefficient (Wildman–Crippen LogP) is -0.321. The molecule has 0 spiro atoms. The minimum atomic E-state index is -1.07. The summed E-state index contributed by atoms with van der Waals surface area (Å²) in [5, 5.41) is 8.84. The van der Waals surface area contributed by atoms with E-state index in [0.717, 1.165) is 0 Å². The third-order valence-corrected chi connectivity index (χ3v) is 4.87. The average Bonchev–Trinajstić information content (AvgIpc) is 2.14. The molecular formula is C8H11ClN2O3S. The Labute approximate surface area is 95.9 Å². The van der Waals surface area contributed by atoms with Crippen molar-refractivity contribution in [2.75, 3.05) is 5.75 Å². The zero-order chi connectivity index (χ0) is 11.4. The quantitative estimate of drug-likeness (QED) is 0.492. The fourth-order valence-corrected chi connectivity index (χ4v) is 3.71. The summed E-state index contributed by atoms with van der Waals surface area (Å²) in [6, 6.07) is -1.55. The Morgan fingerprint density at radius 2 is 2.40 bits per heavy atom. The number of carboxylic acids is 1. The highest BCUT2D eigenvalue weighted by Crippen LogP contribution is 2.44. The summed E-state index contributed by atoms with van der Waals surface area (Å²) in [5.41, 5.74) is 5.58. The van der Waals surface area contributed by atoms with Crippen LogP contribution in [0.25, 0.3) is 0 Å². The van der Waals surface area contributed by atoms with E-state index >= 15 is 0 Å². The summed E-state index contributed by atoms with van der Waals surface area (Å²) < 4.78 is 0. The summed E-state index contributed by atoms with van der Waals surface area (Å²) in [7, 11) is 0. The van der Waals surface area contributed by atoms with Gasteiger partial charge in [-0.05, 0) is 6.92 Å². The van der Waals surface area contributed by atoms with Crippen molar-refractivity contribution in [3.05, 3.63) is 0 Å². The lowest BCUT2D eigenvalue weighted by Gasteiger charge is -2.54. The van der Waals surface area contributed by atoms with Crippen LogP contribution in [0.2, 0.25) is 0 Å². The summed E-state index contributed by atoms with van der Waals surface area (Å²) in [5.74, 6) is -0.919. The molecule has 0 saturated carbocycles. The van der Waals surface area contributed by atoms with Crippen molar-refractivity contribution in [2.24, 2.45) is 5.73 Å². The number of carbonyl (C=O) groups is 2. The molecule has 2 aliphatic heterocycles. The van der Waals surface area contributed by atoms with Gasteiger partial charge in [-0.2, -0.15) is 0 Å². The van der Waals surface area contributed by atoms with Crippen molar-refractivity contribution in [3.63, 3.8) is 0 Å². The smallest absolute Gasteiger partial charge is 0.328 e. The van der Waals surface area contributed by atoms with E-state index in [1.807, 2.05) is 0 Å². The molecule has 84 valence electrons. The van der Waals surface area contributed by atoms with Gasteiger partial charge >= 0.3 is 5.97 Å². The molecule has 0 aromatic rings. The van der Waals surface area contributed by atoms with Crippen molar-refractivity contribution < 1.29 is 14.7 Å². The number of hydrogen-bond donors (Lipinski definition) is 2. The molecule has 2 heterocycles. The van der Waals surface area contributed by atoms with Crippen LogP contribution in [-0.2, 0) is 9.59 Å². The number of alkyl halides is 1. The minimum absolute atomic E-state index is 0.231. The molecule has 2 aliphatic rings. The molecular weight excluding hydrogens is 240 g/mol. The lowest BCUT2D eigenvalue weighted by molar-refractivity contribution is -0.161. The average molecular weight is 251 g/mol. The lowest BCUT2D eigenvalue weighted by atomic mass is 9.94. The molecule has 0 aromatic heterocycles. The van der Waals surface area contributed by atoms with E-state index in [4.69, 9.17) is 22.4 Å². The van der Waals surface area contributed by atoms with Crippen molar-refractivity contribution in [1.29, 1.82) is 0 Å². The fourth-order valence-electron chi connectivity index (χ4n) is 1.96. The predicted molar refractivity (Wildman–Crippen MR) is 56.7 cm³/mol. The zero-order valence-electron chi connectivity index (χ0n) is 8.01. The van der Waals surface area contributed by atoms with Gasteiger partial charge in [-0.25, -0.2) is 4.79 Å². The van der Waals surface area contributed by atoms with Crippen molar-refractivity contribution in [1.82, 2.24) is 4.90 Å². The molecule has 1 amide bonds. The van der Waals surface area contributed by atoms with Gasteiger partial charge in [0.15, 0.2) is 0 Å². The molecule has 0 aromatic carbocycles. The second kappa shape index (κ2) is 3.26. The number of hydrogen-bond acceptors (Lipinski definition) is 4. The Balaban J connectivity index is 2.30. The maximum atomic E-state index is 11.5. The van der Waals surface area contributed by atoms with E-state index in [1.54, 1.807) is 6.92 Å². The molecule has 0 bridgehead atoms. The van der Waals surface area contributed by atoms with Gasteiger partial charge < -0.3 is 15.7 Å². The molecule has 3 N–H and O–H groups in total. The molecule has 4 atom stereocenters. The fraction of sp³-hybridized carbons (Fsp3) is 0.750. The van der Waals surface area contributed by atoms with Gasteiger partial charge in [0.1, 0.15) is 17.5 Å². The van der Waals surface area contributed by atoms with Crippen molar-refractivity contribution in [2.45, 2.75) is 29.3 Å². The molecule has 7 heteroatoms. The van der Waals surface area contributed by atoms with Crippen molar-refractivity contribution in [3.8, 4) is 0 Å². The first kappa shape index (κ1) is 11.0. The number of nitrogens with zero attached hydrogens (tertiary/aromatic N) is 1. The van der Waals surface area contributed by atoms with Crippen LogP contribution in [0.1, 0.15) is 6.92 Å². The zero-order valence-corrected chi connectivity index (χ0v) is 9.59. The third kappa shape index (κ3) is 1.43. The first-order chi connectivity index (χ1) is 6.86.